The van der Waals surface area contributed by atoms with Crippen molar-refractivity contribution >= 4 is 12.0 Å². The molecule has 1 atom stereocenters. The number of hydrogen-bond donors (Lipinski definition) is 2. The van der Waals surface area contributed by atoms with Crippen LogP contribution in [0.1, 0.15) is 52.0 Å². The fraction of sp³-hybridized carbons (Fsp3) is 0.619. The van der Waals surface area contributed by atoms with E-state index < -0.39 is 11.6 Å². The quantitative estimate of drug-likeness (QED) is 0.800. The number of hydrogen-bond acceptors (Lipinski definition) is 4. The van der Waals surface area contributed by atoms with Crippen molar-refractivity contribution in [3.05, 3.63) is 35.9 Å². The fourth-order valence-electron chi connectivity index (χ4n) is 3.47. The lowest BCUT2D eigenvalue weighted by Crippen LogP contribution is -2.60. The van der Waals surface area contributed by atoms with E-state index in [0.29, 0.717) is 32.4 Å². The first-order chi connectivity index (χ1) is 12.7. The number of amides is 2. The van der Waals surface area contributed by atoms with Gasteiger partial charge in [0.05, 0.1) is 5.54 Å². The van der Waals surface area contributed by atoms with E-state index in [0.717, 1.165) is 12.0 Å². The SMILES string of the molecule is CC(C)(C)CC(=O)N1CCCC(CCO)(NC(=O)OCc2ccccc2)C1. The van der Waals surface area contributed by atoms with Gasteiger partial charge in [0, 0.05) is 26.1 Å². The van der Waals surface area contributed by atoms with Crippen molar-refractivity contribution in [1.82, 2.24) is 10.2 Å². The maximum atomic E-state index is 12.6. The molecule has 2 N–H and O–H groups in total. The molecule has 1 heterocycles. The number of carbonyl (C=O) groups excluding carboxylic acids is 2. The van der Waals surface area contributed by atoms with Gasteiger partial charge in [0.1, 0.15) is 6.61 Å². The molecule has 6 nitrogen and oxygen atoms in total. The van der Waals surface area contributed by atoms with Gasteiger partial charge in [-0.25, -0.2) is 4.79 Å². The van der Waals surface area contributed by atoms with Crippen molar-refractivity contribution in [2.24, 2.45) is 5.41 Å². The van der Waals surface area contributed by atoms with Crippen LogP contribution in [0.5, 0.6) is 0 Å². The maximum Gasteiger partial charge on any atom is 0.407 e. The predicted molar refractivity (Wildman–Crippen MR) is 104 cm³/mol. The monoisotopic (exact) mass is 376 g/mol. The van der Waals surface area contributed by atoms with Crippen molar-refractivity contribution in [3.63, 3.8) is 0 Å². The highest BCUT2D eigenvalue weighted by atomic mass is 16.5. The van der Waals surface area contributed by atoms with Crippen LogP contribution in [0.25, 0.3) is 0 Å². The van der Waals surface area contributed by atoms with Crippen LogP contribution in [-0.2, 0) is 16.1 Å². The summed E-state index contributed by atoms with van der Waals surface area (Å²) in [5, 5.41) is 12.5. The zero-order valence-corrected chi connectivity index (χ0v) is 16.7. The van der Waals surface area contributed by atoms with Crippen LogP contribution in [0.3, 0.4) is 0 Å². The Labute approximate surface area is 161 Å². The minimum Gasteiger partial charge on any atom is -0.445 e. The molecule has 27 heavy (non-hydrogen) atoms. The number of benzene rings is 1. The zero-order chi connectivity index (χ0) is 19.9. The van der Waals surface area contributed by atoms with Crippen molar-refractivity contribution in [3.8, 4) is 0 Å². The largest absolute Gasteiger partial charge is 0.445 e. The maximum absolute atomic E-state index is 12.6. The molecule has 6 heteroatoms. The number of nitrogens with one attached hydrogen (secondary N) is 1. The molecule has 150 valence electrons. The standard InChI is InChI=1S/C21H32N2O4/c1-20(2,3)14-18(25)23-12-7-10-21(16-23,11-13-24)22-19(26)27-15-17-8-5-4-6-9-17/h4-6,8-9,24H,7,10-16H2,1-3H3,(H,22,26). The number of aliphatic hydroxyl groups is 1. The molecule has 1 aliphatic rings. The molecule has 1 unspecified atom stereocenters. The van der Waals surface area contributed by atoms with Crippen LogP contribution in [0.4, 0.5) is 4.79 Å². The molecule has 1 aromatic carbocycles. The van der Waals surface area contributed by atoms with Crippen LogP contribution in [0.15, 0.2) is 30.3 Å². The van der Waals surface area contributed by atoms with E-state index >= 15 is 0 Å². The lowest BCUT2D eigenvalue weighted by Gasteiger charge is -2.43. The van der Waals surface area contributed by atoms with E-state index in [9.17, 15) is 14.7 Å². The number of alkyl carbamates (subject to hydrolysis) is 1. The smallest absolute Gasteiger partial charge is 0.407 e. The molecule has 1 fully saturated rings. The van der Waals surface area contributed by atoms with Gasteiger partial charge in [-0.2, -0.15) is 0 Å². The Morgan fingerprint density at radius 3 is 2.59 bits per heavy atom. The van der Waals surface area contributed by atoms with Crippen LogP contribution < -0.4 is 5.32 Å². The van der Waals surface area contributed by atoms with Gasteiger partial charge in [0.25, 0.3) is 0 Å². The van der Waals surface area contributed by atoms with E-state index in [1.165, 1.54) is 0 Å². The molecule has 0 spiro atoms. The molecular weight excluding hydrogens is 344 g/mol. The molecule has 2 rings (SSSR count). The summed E-state index contributed by atoms with van der Waals surface area (Å²) in [6.07, 6.45) is 1.84. The predicted octanol–water partition coefficient (Wildman–Crippen LogP) is 3.09. The van der Waals surface area contributed by atoms with Crippen LogP contribution in [-0.4, -0.2) is 47.2 Å². The van der Waals surface area contributed by atoms with Gasteiger partial charge in [-0.05, 0) is 30.2 Å². The molecule has 0 bridgehead atoms. The summed E-state index contributed by atoms with van der Waals surface area (Å²) >= 11 is 0. The lowest BCUT2D eigenvalue weighted by molar-refractivity contribution is -0.135. The second-order valence-electron chi connectivity index (χ2n) is 8.60. The summed E-state index contributed by atoms with van der Waals surface area (Å²) in [5.41, 5.74) is 0.180. The number of likely N-dealkylation sites (tertiary alicyclic amines) is 1. The first-order valence-electron chi connectivity index (χ1n) is 9.61. The van der Waals surface area contributed by atoms with Gasteiger partial charge >= 0.3 is 6.09 Å². The Balaban J connectivity index is 1.98. The van der Waals surface area contributed by atoms with Crippen LogP contribution in [0.2, 0.25) is 0 Å². The number of nitrogens with zero attached hydrogens (tertiary/aromatic N) is 1. The van der Waals surface area contributed by atoms with Gasteiger partial charge < -0.3 is 20.1 Å². The number of piperidine rings is 1. The Kier molecular flexibility index (Phi) is 7.25. The van der Waals surface area contributed by atoms with Gasteiger partial charge in [-0.15, -0.1) is 0 Å². The van der Waals surface area contributed by atoms with E-state index in [1.807, 2.05) is 56.0 Å². The minimum absolute atomic E-state index is 0.0553. The van der Waals surface area contributed by atoms with E-state index in [1.54, 1.807) is 0 Å². The highest BCUT2D eigenvalue weighted by Gasteiger charge is 2.39. The lowest BCUT2D eigenvalue weighted by atomic mass is 9.85. The fourth-order valence-corrected chi connectivity index (χ4v) is 3.47. The topological polar surface area (TPSA) is 78.9 Å². The first kappa shape index (κ1) is 21.2. The third kappa shape index (κ3) is 6.86. The summed E-state index contributed by atoms with van der Waals surface area (Å²) in [6.45, 7) is 7.33. The van der Waals surface area contributed by atoms with Gasteiger partial charge in [0.15, 0.2) is 0 Å². The second-order valence-corrected chi connectivity index (χ2v) is 8.60. The highest BCUT2D eigenvalue weighted by molar-refractivity contribution is 5.77. The van der Waals surface area contributed by atoms with Crippen molar-refractivity contribution in [2.45, 2.75) is 58.6 Å². The first-order valence-corrected chi connectivity index (χ1v) is 9.61. The van der Waals surface area contributed by atoms with Crippen LogP contribution >= 0.6 is 0 Å². The molecule has 1 saturated heterocycles. The Morgan fingerprint density at radius 1 is 1.26 bits per heavy atom. The van der Waals surface area contributed by atoms with E-state index in [2.05, 4.69) is 5.32 Å². The van der Waals surface area contributed by atoms with E-state index in [-0.39, 0.29) is 24.5 Å². The number of ether oxygens (including phenoxy) is 1. The number of rotatable bonds is 6. The average Bonchev–Trinajstić information content (AvgIpc) is 2.60. The third-order valence-corrected chi connectivity index (χ3v) is 4.78. The minimum atomic E-state index is -0.645. The van der Waals surface area contributed by atoms with Crippen LogP contribution in [0, 0.1) is 5.41 Å². The summed E-state index contributed by atoms with van der Waals surface area (Å²) in [4.78, 5) is 26.8. The molecule has 1 aromatic rings. The van der Waals surface area contributed by atoms with E-state index in [4.69, 9.17) is 4.74 Å². The average molecular weight is 376 g/mol. The third-order valence-electron chi connectivity index (χ3n) is 4.78. The Morgan fingerprint density at radius 2 is 1.96 bits per heavy atom. The summed E-state index contributed by atoms with van der Waals surface area (Å²) < 4.78 is 5.34. The molecule has 2 amide bonds. The van der Waals surface area contributed by atoms with Gasteiger partial charge in [-0.3, -0.25) is 4.79 Å². The molecule has 0 aliphatic carbocycles. The van der Waals surface area contributed by atoms with Gasteiger partial charge in [-0.1, -0.05) is 51.1 Å². The van der Waals surface area contributed by atoms with Crippen molar-refractivity contribution < 1.29 is 19.4 Å². The molecule has 1 aliphatic heterocycles. The number of carbonyl (C=O) groups is 2. The highest BCUT2D eigenvalue weighted by Crippen LogP contribution is 2.27. The number of aliphatic hydroxyl groups excluding tert-OH is 1. The summed E-state index contributed by atoms with van der Waals surface area (Å²) in [5.74, 6) is 0.0870. The molecule has 0 radical (unpaired) electrons. The second kappa shape index (κ2) is 9.22. The zero-order valence-electron chi connectivity index (χ0n) is 16.7. The molecule has 0 saturated carbocycles. The normalized spacial score (nSPS) is 20.2. The van der Waals surface area contributed by atoms with Crippen molar-refractivity contribution in [1.29, 1.82) is 0 Å². The molecular formula is C21H32N2O4. The summed E-state index contributed by atoms with van der Waals surface area (Å²) in [6, 6.07) is 9.48. The summed E-state index contributed by atoms with van der Waals surface area (Å²) in [7, 11) is 0. The Bertz CT molecular complexity index is 623. The van der Waals surface area contributed by atoms with Gasteiger partial charge in [0.2, 0.25) is 5.91 Å². The Hall–Kier alpha value is -2.08. The van der Waals surface area contributed by atoms with Crippen molar-refractivity contribution in [2.75, 3.05) is 19.7 Å². The molecule has 0 aromatic heterocycles.